The molecule has 0 aliphatic heterocycles. The number of aromatic nitrogens is 2. The first-order valence-corrected chi connectivity index (χ1v) is 7.29. The molecule has 0 radical (unpaired) electrons. The molecule has 2 rings (SSSR count). The molecule has 0 saturated carbocycles. The molecule has 0 amide bonds. The van der Waals surface area contributed by atoms with Gasteiger partial charge in [-0.1, -0.05) is 0 Å². The van der Waals surface area contributed by atoms with Crippen LogP contribution < -0.4 is 9.13 Å². The van der Waals surface area contributed by atoms with Gasteiger partial charge >= 0.3 is 22.6 Å². The van der Waals surface area contributed by atoms with Crippen molar-refractivity contribution < 1.29 is 35.5 Å². The zero-order chi connectivity index (χ0) is 16.7. The van der Waals surface area contributed by atoms with Gasteiger partial charge in [0.1, 0.15) is 0 Å². The fourth-order valence-corrected chi connectivity index (χ4v) is 3.23. The number of azo groups is 1. The Morgan fingerprint density at radius 2 is 1.09 bits per heavy atom. The number of alkyl halides is 6. The predicted octanol–water partition coefficient (Wildman–Crippen LogP) is 3.91. The van der Waals surface area contributed by atoms with Crippen LogP contribution in [0.1, 0.15) is 11.4 Å². The average Bonchev–Trinajstić information content (AvgIpc) is 2.89. The number of rotatable bonds is 2. The standard InChI is InChI=1S/C10H8F6N4S2/c1-19-5(9(11,12)13)3-21-7(19)17-18-8-20(2)6(4-22-8)10(14,15)16/h3-4H,1-2H3/q+2. The second-order valence-corrected chi connectivity index (χ2v) is 5.79. The normalized spacial score (nSPS) is 13.3. The molecule has 0 bridgehead atoms. The lowest BCUT2D eigenvalue weighted by atomic mass is 10.5. The minimum Gasteiger partial charge on any atom is -0.208 e. The fourth-order valence-electron chi connectivity index (χ4n) is 1.52. The number of thiazole rings is 2. The van der Waals surface area contributed by atoms with Crippen molar-refractivity contribution >= 4 is 32.9 Å². The van der Waals surface area contributed by atoms with Crippen LogP contribution in [-0.4, -0.2) is 0 Å². The molecule has 0 saturated heterocycles. The molecule has 0 aliphatic carbocycles. The van der Waals surface area contributed by atoms with E-state index in [1.807, 2.05) is 0 Å². The lowest BCUT2D eigenvalue weighted by Crippen LogP contribution is -2.35. The summed E-state index contributed by atoms with van der Waals surface area (Å²) in [6.45, 7) is 0. The van der Waals surface area contributed by atoms with Crippen molar-refractivity contribution in [1.82, 2.24) is 0 Å². The maximum Gasteiger partial charge on any atom is 0.454 e. The number of hydrogen-bond acceptors (Lipinski definition) is 4. The Morgan fingerprint density at radius 3 is 1.32 bits per heavy atom. The Kier molecular flexibility index (Phi) is 4.26. The quantitative estimate of drug-likeness (QED) is 0.441. The molecule has 2 aromatic rings. The molecule has 120 valence electrons. The highest BCUT2D eigenvalue weighted by Crippen LogP contribution is 2.33. The van der Waals surface area contributed by atoms with Crippen LogP contribution in [-0.2, 0) is 26.4 Å². The Labute approximate surface area is 128 Å². The Morgan fingerprint density at radius 1 is 0.773 bits per heavy atom. The molecular weight excluding hydrogens is 354 g/mol. The van der Waals surface area contributed by atoms with E-state index >= 15 is 0 Å². The summed E-state index contributed by atoms with van der Waals surface area (Å²) in [4.78, 5) is 0. The van der Waals surface area contributed by atoms with Crippen molar-refractivity contribution in [3.05, 3.63) is 22.1 Å². The molecule has 0 fully saturated rings. The van der Waals surface area contributed by atoms with Gasteiger partial charge in [-0.05, 0) is 22.7 Å². The van der Waals surface area contributed by atoms with Gasteiger partial charge in [0.15, 0.2) is 0 Å². The summed E-state index contributed by atoms with van der Waals surface area (Å²) in [7, 11) is 2.31. The second kappa shape index (κ2) is 5.57. The van der Waals surface area contributed by atoms with E-state index < -0.39 is 23.7 Å². The second-order valence-electron chi connectivity index (χ2n) is 4.12. The molecule has 0 aliphatic rings. The zero-order valence-corrected chi connectivity index (χ0v) is 12.7. The van der Waals surface area contributed by atoms with Crippen molar-refractivity contribution in [2.24, 2.45) is 24.3 Å². The molecule has 2 aromatic heterocycles. The number of nitrogens with zero attached hydrogens (tertiary/aromatic N) is 4. The summed E-state index contributed by atoms with van der Waals surface area (Å²) in [5.74, 6) is 0. The van der Waals surface area contributed by atoms with Crippen molar-refractivity contribution in [2.45, 2.75) is 12.4 Å². The van der Waals surface area contributed by atoms with Gasteiger partial charge < -0.3 is 0 Å². The number of hydrogen-bond donors (Lipinski definition) is 0. The van der Waals surface area contributed by atoms with E-state index in [0.717, 1.165) is 34.0 Å². The maximum absolute atomic E-state index is 12.6. The highest BCUT2D eigenvalue weighted by molar-refractivity contribution is 7.13. The molecule has 12 heteroatoms. The smallest absolute Gasteiger partial charge is 0.208 e. The maximum atomic E-state index is 12.6. The van der Waals surface area contributed by atoms with Crippen LogP contribution in [0.25, 0.3) is 0 Å². The van der Waals surface area contributed by atoms with Crippen LogP contribution in [0.2, 0.25) is 0 Å². The third-order valence-electron chi connectivity index (χ3n) is 2.65. The highest BCUT2D eigenvalue weighted by atomic mass is 32.1. The molecule has 0 unspecified atom stereocenters. The predicted molar refractivity (Wildman–Crippen MR) is 65.2 cm³/mol. The van der Waals surface area contributed by atoms with Gasteiger partial charge in [0.05, 0.1) is 24.9 Å². The number of halogens is 6. The van der Waals surface area contributed by atoms with Crippen molar-refractivity contribution in [3.8, 4) is 0 Å². The van der Waals surface area contributed by atoms with Crippen LogP contribution in [0.4, 0.5) is 36.6 Å². The zero-order valence-electron chi connectivity index (χ0n) is 11.0. The van der Waals surface area contributed by atoms with Crippen LogP contribution >= 0.6 is 22.7 Å². The minimum absolute atomic E-state index is 0.0747. The van der Waals surface area contributed by atoms with Crippen molar-refractivity contribution in [2.75, 3.05) is 0 Å². The summed E-state index contributed by atoms with van der Waals surface area (Å²) in [5, 5.41) is 8.77. The first-order valence-electron chi connectivity index (χ1n) is 5.53. The third-order valence-corrected chi connectivity index (χ3v) is 4.47. The van der Waals surface area contributed by atoms with Crippen molar-refractivity contribution in [1.29, 1.82) is 0 Å². The van der Waals surface area contributed by atoms with E-state index in [9.17, 15) is 26.3 Å². The van der Waals surface area contributed by atoms with Crippen LogP contribution in [0.15, 0.2) is 21.0 Å². The lowest BCUT2D eigenvalue weighted by molar-refractivity contribution is -0.676. The monoisotopic (exact) mass is 362 g/mol. The summed E-state index contributed by atoms with van der Waals surface area (Å²) in [6, 6.07) is 0. The molecule has 0 N–H and O–H groups in total. The van der Waals surface area contributed by atoms with E-state index in [1.165, 1.54) is 0 Å². The molecule has 4 nitrogen and oxygen atoms in total. The summed E-state index contributed by atoms with van der Waals surface area (Å²) < 4.78 is 77.2. The summed E-state index contributed by atoms with van der Waals surface area (Å²) >= 11 is 1.39. The molecule has 0 spiro atoms. The van der Waals surface area contributed by atoms with Crippen LogP contribution in [0.3, 0.4) is 0 Å². The Balaban J connectivity index is 2.31. The SMILES string of the molecule is C[n+]1c(C(F)(F)F)csc1/N=N/c1scc(C(F)(F)F)[n+]1C. The van der Waals surface area contributed by atoms with E-state index in [-0.39, 0.29) is 10.3 Å². The molecule has 2 heterocycles. The summed E-state index contributed by atoms with van der Waals surface area (Å²) in [5.41, 5.74) is -1.81. The van der Waals surface area contributed by atoms with E-state index in [0.29, 0.717) is 22.7 Å². The van der Waals surface area contributed by atoms with E-state index in [4.69, 9.17) is 0 Å². The molecule has 0 aromatic carbocycles. The van der Waals surface area contributed by atoms with Gasteiger partial charge in [-0.25, -0.2) is 9.13 Å². The lowest BCUT2D eigenvalue weighted by Gasteiger charge is -2.01. The first kappa shape index (κ1) is 16.8. The van der Waals surface area contributed by atoms with Crippen LogP contribution in [0, 0.1) is 0 Å². The van der Waals surface area contributed by atoms with Gasteiger partial charge in [-0.15, -0.1) is 0 Å². The Bertz CT molecular complexity index is 652. The average molecular weight is 362 g/mol. The Hall–Kier alpha value is -1.56. The molecular formula is C10H8F6N4S2+2. The van der Waals surface area contributed by atoms with Gasteiger partial charge in [0, 0.05) is 0 Å². The topological polar surface area (TPSA) is 32.5 Å². The largest absolute Gasteiger partial charge is 0.454 e. The molecule has 0 atom stereocenters. The highest BCUT2D eigenvalue weighted by Gasteiger charge is 2.41. The van der Waals surface area contributed by atoms with Gasteiger partial charge in [-0.3, -0.25) is 0 Å². The van der Waals surface area contributed by atoms with Gasteiger partial charge in [0.25, 0.3) is 0 Å². The van der Waals surface area contributed by atoms with Gasteiger partial charge in [0.2, 0.25) is 21.6 Å². The summed E-state index contributed by atoms with van der Waals surface area (Å²) in [6.07, 6.45) is -9.06. The van der Waals surface area contributed by atoms with Gasteiger partial charge in [-0.2, -0.15) is 26.3 Å². The minimum atomic E-state index is -4.53. The van der Waals surface area contributed by atoms with Crippen LogP contribution in [0.5, 0.6) is 0 Å². The van der Waals surface area contributed by atoms with E-state index in [1.54, 1.807) is 0 Å². The van der Waals surface area contributed by atoms with Crippen molar-refractivity contribution in [3.63, 3.8) is 0 Å². The molecule has 22 heavy (non-hydrogen) atoms. The van der Waals surface area contributed by atoms with E-state index in [2.05, 4.69) is 10.2 Å². The first-order chi connectivity index (χ1) is 10.0. The fraction of sp³-hybridized carbons (Fsp3) is 0.400. The third kappa shape index (κ3) is 3.27.